The molecule has 0 saturated carbocycles. The molecule has 3 heterocycles. The predicted molar refractivity (Wildman–Crippen MR) is 181 cm³/mol. The minimum atomic E-state index is -1.82. The Bertz CT molecular complexity index is 1750. The number of carbonyl (C=O) groups is 6. The van der Waals surface area contributed by atoms with Crippen LogP contribution in [0, 0.1) is 0 Å². The highest BCUT2D eigenvalue weighted by Gasteiger charge is 2.73. The SMILES string of the molecule is CCN1CCN(C(=O)NC(C(=O)N[C@@H]2C(=O)N3[C@@H]2[S@@+]([O-])C(C)(C)[C@@H]3C(=O)OC(c2ccccc2)c2ccccc2)c2ccccc2)C(=O)C1=O. The average Bonchev–Trinajstić information content (AvgIpc) is 3.32. The molecule has 0 aliphatic carbocycles. The molecule has 0 aromatic heterocycles. The quantitative estimate of drug-likeness (QED) is 0.148. The molecule has 260 valence electrons. The van der Waals surface area contributed by atoms with Crippen LogP contribution in [0.3, 0.4) is 0 Å². The number of esters is 1. The van der Waals surface area contributed by atoms with Crippen LogP contribution in [-0.2, 0) is 39.9 Å². The third-order valence-electron chi connectivity index (χ3n) is 9.31. The van der Waals surface area contributed by atoms with Crippen molar-refractivity contribution in [2.24, 2.45) is 0 Å². The van der Waals surface area contributed by atoms with Crippen molar-refractivity contribution >= 4 is 46.8 Å². The van der Waals surface area contributed by atoms with Crippen LogP contribution in [0.5, 0.6) is 0 Å². The predicted octanol–water partition coefficient (Wildman–Crippen LogP) is 2.02. The van der Waals surface area contributed by atoms with Crippen molar-refractivity contribution in [1.82, 2.24) is 25.3 Å². The second-order valence-electron chi connectivity index (χ2n) is 12.7. The summed E-state index contributed by atoms with van der Waals surface area (Å²) in [6, 6.07) is 21.7. The maximum atomic E-state index is 13.9. The van der Waals surface area contributed by atoms with Gasteiger partial charge in [-0.2, -0.15) is 0 Å². The molecule has 14 heteroatoms. The van der Waals surface area contributed by atoms with E-state index >= 15 is 0 Å². The number of imide groups is 1. The number of hydrogen-bond donors (Lipinski definition) is 2. The Morgan fingerprint density at radius 2 is 1.40 bits per heavy atom. The molecule has 3 aromatic rings. The number of fused-ring (bicyclic) bond motifs is 1. The number of benzene rings is 3. The maximum absolute atomic E-state index is 13.9. The summed E-state index contributed by atoms with van der Waals surface area (Å²) in [6.45, 7) is 5.33. The number of urea groups is 1. The summed E-state index contributed by atoms with van der Waals surface area (Å²) in [5.74, 6) is -4.01. The smallest absolute Gasteiger partial charge is 0.335 e. The summed E-state index contributed by atoms with van der Waals surface area (Å²) in [5, 5.41) is 4.12. The lowest BCUT2D eigenvalue weighted by Gasteiger charge is -2.42. The first kappa shape index (κ1) is 34.6. The van der Waals surface area contributed by atoms with Crippen molar-refractivity contribution in [3.8, 4) is 0 Å². The fraction of sp³-hybridized carbons (Fsp3) is 0.333. The molecule has 13 nitrogen and oxygen atoms in total. The first-order valence-electron chi connectivity index (χ1n) is 16.3. The Labute approximate surface area is 292 Å². The normalized spacial score (nSPS) is 23.2. The monoisotopic (exact) mass is 699 g/mol. The number of ether oxygens (including phenoxy) is 1. The van der Waals surface area contributed by atoms with Gasteiger partial charge in [0, 0.05) is 19.6 Å². The fourth-order valence-corrected chi connectivity index (χ4v) is 8.51. The Kier molecular flexibility index (Phi) is 9.67. The van der Waals surface area contributed by atoms with E-state index in [1.807, 2.05) is 60.7 Å². The number of likely N-dealkylation sites (N-methyl/N-ethyl adjacent to an activating group) is 1. The Morgan fingerprint density at radius 3 is 1.94 bits per heavy atom. The minimum absolute atomic E-state index is 0.0630. The van der Waals surface area contributed by atoms with E-state index in [4.69, 9.17) is 4.74 Å². The number of nitrogens with zero attached hydrogens (tertiary/aromatic N) is 3. The summed E-state index contributed by atoms with van der Waals surface area (Å²) in [7, 11) is 0. The van der Waals surface area contributed by atoms with Crippen molar-refractivity contribution in [2.45, 2.75) is 55.1 Å². The molecule has 0 spiro atoms. The first-order chi connectivity index (χ1) is 23.9. The van der Waals surface area contributed by atoms with Crippen molar-refractivity contribution in [3.63, 3.8) is 0 Å². The minimum Gasteiger partial charge on any atom is -0.614 e. The lowest BCUT2D eigenvalue weighted by molar-refractivity contribution is -0.166. The Morgan fingerprint density at radius 1 is 0.860 bits per heavy atom. The van der Waals surface area contributed by atoms with Crippen LogP contribution in [0.25, 0.3) is 0 Å². The molecule has 5 atom stereocenters. The van der Waals surface area contributed by atoms with Crippen LogP contribution in [0.2, 0.25) is 0 Å². The number of hydrogen-bond acceptors (Lipinski definition) is 8. The van der Waals surface area contributed by atoms with Crippen LogP contribution in [0.15, 0.2) is 91.0 Å². The van der Waals surface area contributed by atoms with Gasteiger partial charge in [0.2, 0.25) is 11.3 Å². The van der Waals surface area contributed by atoms with Gasteiger partial charge in [0.1, 0.15) is 6.04 Å². The van der Waals surface area contributed by atoms with Gasteiger partial charge < -0.3 is 24.8 Å². The molecule has 0 radical (unpaired) electrons. The number of nitrogens with one attached hydrogen (secondary N) is 2. The van der Waals surface area contributed by atoms with Crippen molar-refractivity contribution in [2.75, 3.05) is 19.6 Å². The summed E-state index contributed by atoms with van der Waals surface area (Å²) >= 11 is -1.82. The van der Waals surface area contributed by atoms with Crippen LogP contribution in [0.4, 0.5) is 4.79 Å². The topological polar surface area (TPSA) is 168 Å². The van der Waals surface area contributed by atoms with E-state index in [0.29, 0.717) is 23.2 Å². The molecule has 6 amide bonds. The lowest BCUT2D eigenvalue weighted by Crippen LogP contribution is -2.72. The van der Waals surface area contributed by atoms with E-state index in [0.717, 1.165) is 4.90 Å². The summed E-state index contributed by atoms with van der Waals surface area (Å²) < 4.78 is 18.8. The van der Waals surface area contributed by atoms with E-state index in [9.17, 15) is 33.3 Å². The molecular formula is C36H37N5O8S. The van der Waals surface area contributed by atoms with Gasteiger partial charge in [0.25, 0.3) is 5.91 Å². The number of piperazine rings is 1. The summed E-state index contributed by atoms with van der Waals surface area (Å²) in [6.07, 6.45) is -0.789. The Balaban J connectivity index is 1.20. The highest BCUT2D eigenvalue weighted by atomic mass is 32.2. The fourth-order valence-electron chi connectivity index (χ4n) is 6.59. The lowest BCUT2D eigenvalue weighted by atomic mass is 9.95. The molecule has 3 aliphatic heterocycles. The molecule has 3 saturated heterocycles. The molecule has 3 aromatic carbocycles. The maximum Gasteiger partial charge on any atom is 0.335 e. The highest BCUT2D eigenvalue weighted by Crippen LogP contribution is 2.47. The van der Waals surface area contributed by atoms with E-state index in [-0.39, 0.29) is 13.1 Å². The van der Waals surface area contributed by atoms with Gasteiger partial charge in [-0.3, -0.25) is 29.0 Å². The van der Waals surface area contributed by atoms with Gasteiger partial charge in [-0.25, -0.2) is 9.59 Å². The van der Waals surface area contributed by atoms with Crippen LogP contribution >= 0.6 is 0 Å². The summed E-state index contributed by atoms with van der Waals surface area (Å²) in [5.41, 5.74) is 1.77. The number of rotatable bonds is 9. The van der Waals surface area contributed by atoms with E-state index in [1.54, 1.807) is 51.1 Å². The molecular weight excluding hydrogens is 662 g/mol. The van der Waals surface area contributed by atoms with Gasteiger partial charge in [-0.1, -0.05) is 91.0 Å². The largest absolute Gasteiger partial charge is 0.614 e. The van der Waals surface area contributed by atoms with Crippen LogP contribution in [-0.4, -0.2) is 96.7 Å². The first-order valence-corrected chi connectivity index (χ1v) is 17.5. The van der Waals surface area contributed by atoms with Gasteiger partial charge in [-0.15, -0.1) is 0 Å². The van der Waals surface area contributed by atoms with Gasteiger partial charge >= 0.3 is 23.8 Å². The molecule has 2 N–H and O–H groups in total. The third-order valence-corrected chi connectivity index (χ3v) is 11.5. The van der Waals surface area contributed by atoms with Gasteiger partial charge in [0.15, 0.2) is 22.9 Å². The molecule has 0 bridgehead atoms. The van der Waals surface area contributed by atoms with Crippen molar-refractivity contribution in [1.29, 1.82) is 0 Å². The van der Waals surface area contributed by atoms with E-state index in [1.165, 1.54) is 9.80 Å². The van der Waals surface area contributed by atoms with Crippen LogP contribution in [0.1, 0.15) is 49.6 Å². The molecule has 6 rings (SSSR count). The zero-order chi connectivity index (χ0) is 35.7. The zero-order valence-corrected chi connectivity index (χ0v) is 28.5. The summed E-state index contributed by atoms with van der Waals surface area (Å²) in [4.78, 5) is 83.1. The highest BCUT2D eigenvalue weighted by molar-refractivity contribution is 7.94. The standard InChI is InChI=1S/C36H37N5O8S/c1-4-39-20-21-40(32(45)31(39)44)35(47)38-25(22-14-8-5-9-15-22)29(42)37-26-30(43)41-28(36(2,3)50(48)33(26)41)34(46)49-27(23-16-10-6-11-17-23)24-18-12-7-13-19-24/h5-19,25-28,33H,4,20-21H2,1-3H3,(H,37,42)(H,38,47)/t25?,26-,28+,33-,50-/m1/s1. The number of carbonyl (C=O) groups excluding carboxylic acids is 6. The second kappa shape index (κ2) is 14.0. The average molecular weight is 700 g/mol. The van der Waals surface area contributed by atoms with E-state index < -0.39 is 81.2 Å². The molecule has 3 aliphatic rings. The van der Waals surface area contributed by atoms with Crippen molar-refractivity contribution in [3.05, 3.63) is 108 Å². The number of amides is 6. The molecule has 3 fully saturated rings. The second-order valence-corrected chi connectivity index (χ2v) is 14.8. The Hall–Kier alpha value is -5.21. The molecule has 50 heavy (non-hydrogen) atoms. The zero-order valence-electron chi connectivity index (χ0n) is 27.7. The van der Waals surface area contributed by atoms with Gasteiger partial charge in [0.05, 0.1) is 0 Å². The third kappa shape index (κ3) is 6.20. The van der Waals surface area contributed by atoms with Gasteiger partial charge in [-0.05, 0) is 48.6 Å². The molecule has 1 unspecified atom stereocenters. The van der Waals surface area contributed by atoms with Crippen molar-refractivity contribution < 1.29 is 38.1 Å². The number of β-lactam (4-membered cyclic amide) rings is 1. The van der Waals surface area contributed by atoms with E-state index in [2.05, 4.69) is 10.6 Å². The van der Waals surface area contributed by atoms with Crippen LogP contribution < -0.4 is 10.6 Å².